The summed E-state index contributed by atoms with van der Waals surface area (Å²) in [5.74, 6) is 0.798. The Morgan fingerprint density at radius 2 is 2.20 bits per heavy atom. The fraction of sp³-hybridized carbons (Fsp3) is 0.154. The molecule has 3 heterocycles. The van der Waals surface area contributed by atoms with E-state index in [2.05, 4.69) is 31.0 Å². The highest BCUT2D eigenvalue weighted by atomic mass is 79.9. The monoisotopic (exact) mass is 332 g/mol. The molecule has 2 N–H and O–H groups in total. The topological polar surface area (TPSA) is 72.3 Å². The molecule has 3 rings (SSSR count). The third-order valence-corrected chi connectivity index (χ3v) is 3.84. The highest BCUT2D eigenvalue weighted by Crippen LogP contribution is 2.23. The van der Waals surface area contributed by atoms with E-state index in [1.807, 2.05) is 36.2 Å². The normalized spacial score (nSPS) is 10.9. The molecule has 0 aliphatic heterocycles. The van der Waals surface area contributed by atoms with Crippen LogP contribution in [0.2, 0.25) is 0 Å². The first kappa shape index (κ1) is 13.0. The zero-order chi connectivity index (χ0) is 14.1. The molecule has 0 fully saturated rings. The van der Waals surface area contributed by atoms with Gasteiger partial charge in [-0.05, 0) is 40.2 Å². The quantitative estimate of drug-likeness (QED) is 0.795. The van der Waals surface area contributed by atoms with Crippen molar-refractivity contribution in [1.29, 1.82) is 0 Å². The summed E-state index contributed by atoms with van der Waals surface area (Å²) in [7, 11) is 1.94. The minimum atomic E-state index is 0.373. The Kier molecular flexibility index (Phi) is 3.37. The molecule has 0 radical (unpaired) electrons. The van der Waals surface area contributed by atoms with Crippen molar-refractivity contribution in [3.8, 4) is 0 Å². The van der Waals surface area contributed by atoms with Crippen LogP contribution in [0, 0.1) is 0 Å². The molecule has 3 aromatic heterocycles. The van der Waals surface area contributed by atoms with Crippen LogP contribution < -0.4 is 10.6 Å². The highest BCUT2D eigenvalue weighted by Gasteiger charge is 2.12. The van der Waals surface area contributed by atoms with Crippen molar-refractivity contribution < 1.29 is 0 Å². The third-order valence-electron chi connectivity index (χ3n) is 3.04. The maximum atomic E-state index is 5.65. The summed E-state index contributed by atoms with van der Waals surface area (Å²) in [4.78, 5) is 10.5. The van der Waals surface area contributed by atoms with Crippen LogP contribution in [0.15, 0.2) is 41.3 Å². The first-order chi connectivity index (χ1) is 9.70. The number of hydrogen-bond donors (Lipinski definition) is 1. The molecule has 0 aliphatic carbocycles. The average Bonchev–Trinajstić information content (AvgIpc) is 2.83. The molecule has 6 nitrogen and oxygen atoms in total. The van der Waals surface area contributed by atoms with Crippen LogP contribution in [0.5, 0.6) is 0 Å². The maximum Gasteiger partial charge on any atom is 0.155 e. The van der Waals surface area contributed by atoms with Crippen LogP contribution >= 0.6 is 15.9 Å². The van der Waals surface area contributed by atoms with E-state index >= 15 is 0 Å². The van der Waals surface area contributed by atoms with Crippen molar-refractivity contribution in [1.82, 2.24) is 19.6 Å². The molecule has 0 unspecified atom stereocenters. The molecule has 0 spiro atoms. The van der Waals surface area contributed by atoms with Gasteiger partial charge >= 0.3 is 0 Å². The number of halogens is 1. The van der Waals surface area contributed by atoms with E-state index in [-0.39, 0.29) is 0 Å². The number of nitrogens with zero attached hydrogens (tertiary/aromatic N) is 5. The number of rotatable bonds is 3. The lowest BCUT2D eigenvalue weighted by atomic mass is 10.3. The van der Waals surface area contributed by atoms with E-state index in [0.29, 0.717) is 6.54 Å². The number of aromatic nitrogens is 4. The number of pyridine rings is 1. The molecule has 0 saturated carbocycles. The van der Waals surface area contributed by atoms with Crippen molar-refractivity contribution in [3.63, 3.8) is 0 Å². The number of anilines is 2. The van der Waals surface area contributed by atoms with E-state index in [0.717, 1.165) is 27.4 Å². The van der Waals surface area contributed by atoms with Gasteiger partial charge in [-0.25, -0.2) is 9.50 Å². The summed E-state index contributed by atoms with van der Waals surface area (Å²) in [6, 6.07) is 7.71. The van der Waals surface area contributed by atoms with Gasteiger partial charge in [-0.2, -0.15) is 0 Å². The van der Waals surface area contributed by atoms with E-state index in [4.69, 9.17) is 5.73 Å². The summed E-state index contributed by atoms with van der Waals surface area (Å²) in [6.07, 6.45) is 3.54. The third kappa shape index (κ3) is 2.14. The Bertz CT molecular complexity index is 739. The van der Waals surface area contributed by atoms with Crippen molar-refractivity contribution in [2.45, 2.75) is 6.54 Å². The molecule has 3 aromatic rings. The summed E-state index contributed by atoms with van der Waals surface area (Å²) in [5.41, 5.74) is 8.17. The number of hydrogen-bond acceptors (Lipinski definition) is 5. The lowest BCUT2D eigenvalue weighted by Gasteiger charge is -2.17. The van der Waals surface area contributed by atoms with E-state index in [1.54, 1.807) is 16.9 Å². The molecule has 0 atom stereocenters. The van der Waals surface area contributed by atoms with Gasteiger partial charge in [0.15, 0.2) is 11.5 Å². The summed E-state index contributed by atoms with van der Waals surface area (Å²) >= 11 is 3.48. The van der Waals surface area contributed by atoms with Gasteiger partial charge in [-0.3, -0.25) is 4.98 Å². The number of fused-ring (bicyclic) bond motifs is 1. The first-order valence-corrected chi connectivity index (χ1v) is 6.88. The molecule has 0 amide bonds. The van der Waals surface area contributed by atoms with Crippen molar-refractivity contribution >= 4 is 33.1 Å². The predicted octanol–water partition coefficient (Wildman–Crippen LogP) is 2.11. The summed E-state index contributed by atoms with van der Waals surface area (Å²) in [6.45, 7) is 0.373. The Labute approximate surface area is 124 Å². The van der Waals surface area contributed by atoms with Gasteiger partial charge in [0, 0.05) is 19.8 Å². The van der Waals surface area contributed by atoms with Crippen LogP contribution in [0.25, 0.3) is 5.65 Å². The Morgan fingerprint density at radius 3 is 2.90 bits per heavy atom. The fourth-order valence-corrected chi connectivity index (χ4v) is 2.45. The minimum absolute atomic E-state index is 0.373. The largest absolute Gasteiger partial charge is 0.327 e. The van der Waals surface area contributed by atoms with Crippen molar-refractivity contribution in [2.24, 2.45) is 5.73 Å². The van der Waals surface area contributed by atoms with Gasteiger partial charge in [-0.15, -0.1) is 5.10 Å². The molecular weight excluding hydrogens is 320 g/mol. The van der Waals surface area contributed by atoms with Crippen molar-refractivity contribution in [2.75, 3.05) is 11.9 Å². The smallest absolute Gasteiger partial charge is 0.155 e. The van der Waals surface area contributed by atoms with Gasteiger partial charge in [-0.1, -0.05) is 0 Å². The van der Waals surface area contributed by atoms with Gasteiger partial charge < -0.3 is 10.6 Å². The standard InChI is InChI=1S/C13H13BrN6/c1-19(9-3-2-6-16-8-9)12-5-4-11-17-10(7-15)13(14)20(11)18-12/h2-6,8H,7,15H2,1H3. The number of imidazole rings is 1. The van der Waals surface area contributed by atoms with Gasteiger partial charge in [0.05, 0.1) is 17.6 Å². The second-order valence-corrected chi connectivity index (χ2v) is 5.04. The Morgan fingerprint density at radius 1 is 1.35 bits per heavy atom. The molecule has 0 saturated heterocycles. The minimum Gasteiger partial charge on any atom is -0.327 e. The zero-order valence-corrected chi connectivity index (χ0v) is 12.4. The van der Waals surface area contributed by atoms with E-state index in [9.17, 15) is 0 Å². The Hall–Kier alpha value is -1.99. The molecule has 20 heavy (non-hydrogen) atoms. The lowest BCUT2D eigenvalue weighted by molar-refractivity contribution is 0.888. The molecule has 0 aromatic carbocycles. The van der Waals surface area contributed by atoms with Crippen LogP contribution in [0.3, 0.4) is 0 Å². The zero-order valence-electron chi connectivity index (χ0n) is 10.9. The van der Waals surface area contributed by atoms with Gasteiger partial charge in [0.2, 0.25) is 0 Å². The van der Waals surface area contributed by atoms with E-state index < -0.39 is 0 Å². The van der Waals surface area contributed by atoms with Crippen molar-refractivity contribution in [3.05, 3.63) is 47.0 Å². The van der Waals surface area contributed by atoms with Crippen LogP contribution in [-0.2, 0) is 6.54 Å². The van der Waals surface area contributed by atoms with Crippen LogP contribution in [-0.4, -0.2) is 26.6 Å². The van der Waals surface area contributed by atoms with E-state index in [1.165, 1.54) is 0 Å². The first-order valence-electron chi connectivity index (χ1n) is 6.08. The van der Waals surface area contributed by atoms with Crippen LogP contribution in [0.4, 0.5) is 11.5 Å². The average molecular weight is 333 g/mol. The van der Waals surface area contributed by atoms with Crippen LogP contribution in [0.1, 0.15) is 5.69 Å². The molecule has 0 bridgehead atoms. The molecular formula is C13H13BrN6. The Balaban J connectivity index is 2.07. The van der Waals surface area contributed by atoms with Gasteiger partial charge in [0.1, 0.15) is 4.60 Å². The molecule has 7 heteroatoms. The summed E-state index contributed by atoms with van der Waals surface area (Å²) < 4.78 is 2.53. The second kappa shape index (κ2) is 5.18. The SMILES string of the molecule is CN(c1cccnc1)c1ccc2nc(CN)c(Br)n2n1. The summed E-state index contributed by atoms with van der Waals surface area (Å²) in [5, 5.41) is 4.57. The fourth-order valence-electron chi connectivity index (χ4n) is 1.94. The predicted molar refractivity (Wildman–Crippen MR) is 80.9 cm³/mol. The van der Waals surface area contributed by atoms with Gasteiger partial charge in [0.25, 0.3) is 0 Å². The lowest BCUT2D eigenvalue weighted by Crippen LogP contribution is -2.13. The maximum absolute atomic E-state index is 5.65. The molecule has 0 aliphatic rings. The number of nitrogens with two attached hydrogens (primary N) is 1. The highest BCUT2D eigenvalue weighted by molar-refractivity contribution is 9.10. The molecule has 102 valence electrons. The second-order valence-electron chi connectivity index (χ2n) is 4.29.